The number of fused-ring (bicyclic) bond motifs is 3. The highest BCUT2D eigenvalue weighted by Gasteiger charge is 2.41. The van der Waals surface area contributed by atoms with Crippen LogP contribution in [0.15, 0.2) is 42.6 Å². The van der Waals surface area contributed by atoms with Crippen LogP contribution in [0.3, 0.4) is 0 Å². The first-order valence-electron chi connectivity index (χ1n) is 8.14. The van der Waals surface area contributed by atoms with Gasteiger partial charge in [0.1, 0.15) is 11.6 Å². The van der Waals surface area contributed by atoms with Gasteiger partial charge in [-0.1, -0.05) is 12.1 Å². The zero-order chi connectivity index (χ0) is 17.4. The van der Waals surface area contributed by atoms with E-state index in [1.165, 1.54) is 7.11 Å². The fourth-order valence-corrected chi connectivity index (χ4v) is 3.49. The van der Waals surface area contributed by atoms with Crippen molar-refractivity contribution in [3.8, 4) is 5.88 Å². The van der Waals surface area contributed by atoms with Crippen molar-refractivity contribution < 1.29 is 14.3 Å². The van der Waals surface area contributed by atoms with Gasteiger partial charge in [-0.05, 0) is 30.7 Å². The topological polar surface area (TPSA) is 83.6 Å². The molecule has 7 nitrogen and oxygen atoms in total. The van der Waals surface area contributed by atoms with E-state index in [1.54, 1.807) is 18.3 Å². The van der Waals surface area contributed by atoms with Crippen LogP contribution in [0.2, 0.25) is 0 Å². The molecule has 2 N–H and O–H groups in total. The summed E-state index contributed by atoms with van der Waals surface area (Å²) in [6.07, 6.45) is 2.14. The van der Waals surface area contributed by atoms with Crippen molar-refractivity contribution in [3.05, 3.63) is 48.2 Å². The number of para-hydroxylation sites is 2. The third kappa shape index (κ3) is 2.67. The van der Waals surface area contributed by atoms with E-state index in [9.17, 15) is 9.59 Å². The summed E-state index contributed by atoms with van der Waals surface area (Å²) in [5.41, 5.74) is 2.19. The Morgan fingerprint density at radius 3 is 3.00 bits per heavy atom. The number of pyridine rings is 1. The van der Waals surface area contributed by atoms with E-state index in [4.69, 9.17) is 4.74 Å². The first kappa shape index (κ1) is 15.4. The number of amides is 2. The lowest BCUT2D eigenvalue weighted by Crippen LogP contribution is -2.44. The third-order valence-corrected chi connectivity index (χ3v) is 4.62. The summed E-state index contributed by atoms with van der Waals surface area (Å²) in [6, 6.07) is 10.7. The molecule has 0 saturated carbocycles. The Morgan fingerprint density at radius 2 is 2.16 bits per heavy atom. The number of carbonyl (C=O) groups is 2. The van der Waals surface area contributed by atoms with Crippen molar-refractivity contribution in [2.75, 3.05) is 23.9 Å². The standard InChI is InChI=1S/C18H18N4O3/c1-25-18-12(5-4-8-19-18)16(23)20-11-9-15-17(24)21-13-6-2-3-7-14(13)22(15)10-11/h2-8,11,15H,9-10H2,1H3,(H,20,23)(H,21,24). The highest BCUT2D eigenvalue weighted by molar-refractivity contribution is 6.04. The van der Waals surface area contributed by atoms with Gasteiger partial charge >= 0.3 is 0 Å². The van der Waals surface area contributed by atoms with E-state index in [0.29, 0.717) is 24.4 Å². The number of anilines is 2. The number of nitrogens with one attached hydrogen (secondary N) is 2. The molecule has 2 atom stereocenters. The van der Waals surface area contributed by atoms with E-state index < -0.39 is 0 Å². The molecule has 1 aromatic carbocycles. The average Bonchev–Trinajstić information content (AvgIpc) is 3.06. The molecule has 2 aromatic rings. The van der Waals surface area contributed by atoms with Crippen LogP contribution in [-0.4, -0.2) is 42.5 Å². The van der Waals surface area contributed by atoms with Crippen LogP contribution >= 0.6 is 0 Å². The van der Waals surface area contributed by atoms with Crippen LogP contribution in [-0.2, 0) is 4.79 Å². The molecule has 0 spiro atoms. The molecule has 7 heteroatoms. The maximum Gasteiger partial charge on any atom is 0.257 e. The second-order valence-electron chi connectivity index (χ2n) is 6.14. The number of hydrogen-bond acceptors (Lipinski definition) is 5. The molecule has 0 bridgehead atoms. The number of ether oxygens (including phenoxy) is 1. The second-order valence-corrected chi connectivity index (χ2v) is 6.14. The summed E-state index contributed by atoms with van der Waals surface area (Å²) in [5.74, 6) is 0.0108. The van der Waals surface area contributed by atoms with Gasteiger partial charge in [-0.25, -0.2) is 4.98 Å². The summed E-state index contributed by atoms with van der Waals surface area (Å²) in [7, 11) is 1.48. The highest BCUT2D eigenvalue weighted by Crippen LogP contribution is 2.36. The van der Waals surface area contributed by atoms with Crippen molar-refractivity contribution in [2.45, 2.75) is 18.5 Å². The Labute approximate surface area is 145 Å². The normalized spacial score (nSPS) is 21.2. The van der Waals surface area contributed by atoms with Crippen LogP contribution < -0.4 is 20.3 Å². The van der Waals surface area contributed by atoms with Crippen molar-refractivity contribution in [1.29, 1.82) is 0 Å². The molecule has 2 aliphatic heterocycles. The number of carbonyl (C=O) groups excluding carboxylic acids is 2. The molecule has 25 heavy (non-hydrogen) atoms. The van der Waals surface area contributed by atoms with Crippen LogP contribution in [0.1, 0.15) is 16.8 Å². The Hall–Kier alpha value is -3.09. The number of nitrogens with zero attached hydrogens (tertiary/aromatic N) is 2. The summed E-state index contributed by atoms with van der Waals surface area (Å²) in [4.78, 5) is 31.0. The Balaban J connectivity index is 1.53. The van der Waals surface area contributed by atoms with Gasteiger partial charge in [0, 0.05) is 18.8 Å². The molecule has 0 aliphatic carbocycles. The molecule has 128 valence electrons. The summed E-state index contributed by atoms with van der Waals surface area (Å²) >= 11 is 0. The Kier molecular flexibility index (Phi) is 3.76. The van der Waals surface area contributed by atoms with Crippen molar-refractivity contribution in [1.82, 2.24) is 10.3 Å². The first-order valence-corrected chi connectivity index (χ1v) is 8.14. The first-order chi connectivity index (χ1) is 12.2. The molecule has 1 aromatic heterocycles. The quantitative estimate of drug-likeness (QED) is 0.884. The molecule has 0 radical (unpaired) electrons. The SMILES string of the molecule is COc1ncccc1C(=O)NC1CC2C(=O)Nc3ccccc3N2C1. The summed E-state index contributed by atoms with van der Waals surface area (Å²) in [5, 5.41) is 5.93. The minimum absolute atomic E-state index is 0.0330. The molecule has 1 fully saturated rings. The van der Waals surface area contributed by atoms with E-state index in [2.05, 4.69) is 20.5 Å². The van der Waals surface area contributed by atoms with Crippen LogP contribution in [0, 0.1) is 0 Å². The number of aromatic nitrogens is 1. The molecule has 4 rings (SSSR count). The zero-order valence-electron chi connectivity index (χ0n) is 13.7. The van der Waals surface area contributed by atoms with Gasteiger partial charge in [-0.3, -0.25) is 9.59 Å². The molecule has 2 aliphatic rings. The lowest BCUT2D eigenvalue weighted by molar-refractivity contribution is -0.117. The van der Waals surface area contributed by atoms with Gasteiger partial charge in [-0.2, -0.15) is 0 Å². The molecular formula is C18H18N4O3. The van der Waals surface area contributed by atoms with E-state index in [-0.39, 0.29) is 23.9 Å². The zero-order valence-corrected chi connectivity index (χ0v) is 13.7. The fraction of sp³-hybridized carbons (Fsp3) is 0.278. The van der Waals surface area contributed by atoms with Crippen LogP contribution in [0.25, 0.3) is 0 Å². The van der Waals surface area contributed by atoms with Crippen LogP contribution in [0.4, 0.5) is 11.4 Å². The van der Waals surface area contributed by atoms with E-state index >= 15 is 0 Å². The Morgan fingerprint density at radius 1 is 1.32 bits per heavy atom. The van der Waals surface area contributed by atoms with Crippen molar-refractivity contribution >= 4 is 23.2 Å². The monoisotopic (exact) mass is 338 g/mol. The van der Waals surface area contributed by atoms with Gasteiger partial charge in [0.05, 0.1) is 18.5 Å². The molecule has 3 heterocycles. The lowest BCUT2D eigenvalue weighted by Gasteiger charge is -2.32. The van der Waals surface area contributed by atoms with Gasteiger partial charge in [0.2, 0.25) is 11.8 Å². The van der Waals surface area contributed by atoms with E-state index in [1.807, 2.05) is 24.3 Å². The molecular weight excluding hydrogens is 320 g/mol. The van der Waals surface area contributed by atoms with Gasteiger partial charge in [0.15, 0.2) is 0 Å². The van der Waals surface area contributed by atoms with Crippen molar-refractivity contribution in [2.24, 2.45) is 0 Å². The lowest BCUT2D eigenvalue weighted by atomic mass is 10.1. The fourth-order valence-electron chi connectivity index (χ4n) is 3.49. The summed E-state index contributed by atoms with van der Waals surface area (Å²) < 4.78 is 5.14. The maximum atomic E-state index is 12.6. The predicted molar refractivity (Wildman–Crippen MR) is 92.9 cm³/mol. The van der Waals surface area contributed by atoms with Crippen LogP contribution in [0.5, 0.6) is 5.88 Å². The molecule has 2 amide bonds. The number of methoxy groups -OCH3 is 1. The minimum atomic E-state index is -0.268. The number of benzene rings is 1. The maximum absolute atomic E-state index is 12.6. The predicted octanol–water partition coefficient (Wildman–Crippen LogP) is 1.42. The highest BCUT2D eigenvalue weighted by atomic mass is 16.5. The minimum Gasteiger partial charge on any atom is -0.480 e. The molecule has 2 unspecified atom stereocenters. The molecule has 1 saturated heterocycles. The van der Waals surface area contributed by atoms with Crippen molar-refractivity contribution in [3.63, 3.8) is 0 Å². The average molecular weight is 338 g/mol. The number of rotatable bonds is 3. The largest absolute Gasteiger partial charge is 0.480 e. The Bertz CT molecular complexity index is 839. The number of hydrogen-bond donors (Lipinski definition) is 2. The van der Waals surface area contributed by atoms with Gasteiger partial charge in [0.25, 0.3) is 5.91 Å². The smallest absolute Gasteiger partial charge is 0.257 e. The second kappa shape index (κ2) is 6.08. The third-order valence-electron chi connectivity index (χ3n) is 4.62. The van der Waals surface area contributed by atoms with Gasteiger partial charge < -0.3 is 20.3 Å². The van der Waals surface area contributed by atoms with Gasteiger partial charge in [-0.15, -0.1) is 0 Å². The summed E-state index contributed by atoms with van der Waals surface area (Å²) in [6.45, 7) is 0.587. The van der Waals surface area contributed by atoms with E-state index in [0.717, 1.165) is 11.4 Å².